The van der Waals surface area contributed by atoms with E-state index in [0.717, 1.165) is 11.1 Å². The highest BCUT2D eigenvalue weighted by Crippen LogP contribution is 2.66. The van der Waals surface area contributed by atoms with Crippen LogP contribution in [0.4, 0.5) is 0 Å². The van der Waals surface area contributed by atoms with E-state index < -0.39 is 64.1 Å². The SMILES string of the molecule is CC(=O)OC12COC1CC(O)C1(C)C(=O)[C@H](C)C3=C(C)C(OC(=O)C(C)C(C)C)CC(O)(C(C)C21)C3(C)C. The Bertz CT molecular complexity index is 1060. The molecule has 4 rings (SSSR count). The van der Waals surface area contributed by atoms with Gasteiger partial charge < -0.3 is 24.4 Å². The monoisotopic (exact) mass is 534 g/mol. The van der Waals surface area contributed by atoms with E-state index >= 15 is 0 Å². The molecule has 1 heterocycles. The van der Waals surface area contributed by atoms with Gasteiger partial charge in [0, 0.05) is 37.0 Å². The van der Waals surface area contributed by atoms with Gasteiger partial charge in [0.2, 0.25) is 0 Å². The van der Waals surface area contributed by atoms with Gasteiger partial charge in [-0.05, 0) is 36.8 Å². The van der Waals surface area contributed by atoms with Gasteiger partial charge in [-0.2, -0.15) is 0 Å². The van der Waals surface area contributed by atoms with Crippen molar-refractivity contribution in [3.63, 3.8) is 0 Å². The topological polar surface area (TPSA) is 119 Å². The maximum absolute atomic E-state index is 14.5. The Hall–Kier alpha value is -1.77. The Morgan fingerprint density at radius 1 is 1.13 bits per heavy atom. The quantitative estimate of drug-likeness (QED) is 0.415. The molecule has 0 radical (unpaired) electrons. The predicted octanol–water partition coefficient (Wildman–Crippen LogP) is 3.61. The van der Waals surface area contributed by atoms with Gasteiger partial charge in [0.05, 0.1) is 29.6 Å². The zero-order chi connectivity index (χ0) is 28.7. The average molecular weight is 535 g/mol. The van der Waals surface area contributed by atoms with E-state index in [1.807, 2.05) is 55.4 Å². The first-order valence-electron chi connectivity index (χ1n) is 14.0. The van der Waals surface area contributed by atoms with Gasteiger partial charge >= 0.3 is 11.9 Å². The van der Waals surface area contributed by atoms with Gasteiger partial charge in [-0.1, -0.05) is 48.5 Å². The van der Waals surface area contributed by atoms with Crippen LogP contribution in [0.2, 0.25) is 0 Å². The fourth-order valence-corrected chi connectivity index (χ4v) is 8.52. The number of Topliss-reactive ketones (excluding diaryl/α,β-unsaturated/α-hetero) is 1. The van der Waals surface area contributed by atoms with Crippen LogP contribution >= 0.6 is 0 Å². The number of carbonyl (C=O) groups excluding carboxylic acids is 3. The lowest BCUT2D eigenvalue weighted by molar-refractivity contribution is -0.338. The number of fused-ring (bicyclic) bond motifs is 5. The maximum Gasteiger partial charge on any atom is 0.309 e. The van der Waals surface area contributed by atoms with E-state index in [-0.39, 0.29) is 43.0 Å². The van der Waals surface area contributed by atoms with Crippen LogP contribution in [0.25, 0.3) is 0 Å². The summed E-state index contributed by atoms with van der Waals surface area (Å²) in [5.41, 5.74) is -3.21. The lowest BCUT2D eigenvalue weighted by atomic mass is 9.42. The molecular weight excluding hydrogens is 488 g/mol. The second-order valence-electron chi connectivity index (χ2n) is 13.5. The number of ketones is 1. The molecule has 4 aliphatic rings. The molecular formula is C30H46O8. The number of hydrogen-bond acceptors (Lipinski definition) is 8. The molecule has 0 aromatic carbocycles. The molecule has 8 nitrogen and oxygen atoms in total. The molecule has 38 heavy (non-hydrogen) atoms. The zero-order valence-corrected chi connectivity index (χ0v) is 24.6. The van der Waals surface area contributed by atoms with Crippen molar-refractivity contribution in [2.45, 2.75) is 112 Å². The van der Waals surface area contributed by atoms with Crippen molar-refractivity contribution in [2.75, 3.05) is 6.61 Å². The van der Waals surface area contributed by atoms with Crippen LogP contribution in [0.1, 0.15) is 82.1 Å². The molecule has 214 valence electrons. The van der Waals surface area contributed by atoms with Gasteiger partial charge in [0.1, 0.15) is 18.0 Å². The molecule has 0 amide bonds. The largest absolute Gasteiger partial charge is 0.458 e. The summed E-state index contributed by atoms with van der Waals surface area (Å²) in [5, 5.41) is 24.2. The molecule has 10 atom stereocenters. The van der Waals surface area contributed by atoms with Crippen molar-refractivity contribution in [2.24, 2.45) is 40.4 Å². The summed E-state index contributed by atoms with van der Waals surface area (Å²) in [7, 11) is 0. The normalized spacial score (nSPS) is 44.7. The predicted molar refractivity (Wildman–Crippen MR) is 140 cm³/mol. The highest BCUT2D eigenvalue weighted by molar-refractivity contribution is 5.91. The first-order chi connectivity index (χ1) is 17.4. The number of aliphatic hydroxyl groups is 2. The van der Waals surface area contributed by atoms with Crippen molar-refractivity contribution < 1.29 is 38.8 Å². The fourth-order valence-electron chi connectivity index (χ4n) is 8.52. The van der Waals surface area contributed by atoms with E-state index in [2.05, 4.69) is 0 Å². The maximum atomic E-state index is 14.5. The minimum atomic E-state index is -1.45. The van der Waals surface area contributed by atoms with E-state index in [1.54, 1.807) is 6.92 Å². The van der Waals surface area contributed by atoms with E-state index in [4.69, 9.17) is 14.2 Å². The van der Waals surface area contributed by atoms with Crippen molar-refractivity contribution in [3.8, 4) is 0 Å². The third-order valence-electron chi connectivity index (χ3n) is 11.1. The van der Waals surface area contributed by atoms with Gasteiger partial charge in [-0.3, -0.25) is 14.4 Å². The summed E-state index contributed by atoms with van der Waals surface area (Å²) < 4.78 is 17.9. The smallest absolute Gasteiger partial charge is 0.309 e. The summed E-state index contributed by atoms with van der Waals surface area (Å²) in [6, 6.07) is 0. The first kappa shape index (κ1) is 29.2. The van der Waals surface area contributed by atoms with E-state index in [9.17, 15) is 24.6 Å². The molecule has 2 bridgehead atoms. The third kappa shape index (κ3) is 3.69. The molecule has 3 aliphatic carbocycles. The number of ether oxygens (including phenoxy) is 3. The molecule has 1 saturated heterocycles. The van der Waals surface area contributed by atoms with E-state index in [1.165, 1.54) is 6.92 Å². The van der Waals surface area contributed by atoms with Crippen LogP contribution < -0.4 is 0 Å². The highest BCUT2D eigenvalue weighted by Gasteiger charge is 2.75. The van der Waals surface area contributed by atoms with Crippen molar-refractivity contribution in [1.82, 2.24) is 0 Å². The molecule has 2 saturated carbocycles. The van der Waals surface area contributed by atoms with Crippen LogP contribution in [0.15, 0.2) is 11.1 Å². The standard InChI is InChI=1S/C30H46O8/c1-14(2)15(3)26(34)37-20-12-30(35)18(6)24-28(10,25(33)17(5)23(16(20)4)27(30,8)9)21(32)11-22-29(24,13-36-22)38-19(7)31/h14-15,17-18,20-22,24,32,35H,11-13H2,1-10H3/t15?,17-,18?,20?,21?,22?,24?,28?,29?,30?/m1/s1. The van der Waals surface area contributed by atoms with Gasteiger partial charge in [0.15, 0.2) is 5.60 Å². The van der Waals surface area contributed by atoms with Crippen molar-refractivity contribution in [1.29, 1.82) is 0 Å². The van der Waals surface area contributed by atoms with Crippen LogP contribution in [0.5, 0.6) is 0 Å². The molecule has 2 N–H and O–H groups in total. The van der Waals surface area contributed by atoms with Crippen LogP contribution in [-0.4, -0.2) is 64.1 Å². The molecule has 8 heteroatoms. The van der Waals surface area contributed by atoms with Gasteiger partial charge in [0.25, 0.3) is 0 Å². The summed E-state index contributed by atoms with van der Waals surface area (Å²) in [6.07, 6.45) is -2.01. The van der Waals surface area contributed by atoms with Crippen LogP contribution in [0.3, 0.4) is 0 Å². The number of esters is 2. The third-order valence-corrected chi connectivity index (χ3v) is 11.1. The number of carbonyl (C=O) groups is 3. The second-order valence-corrected chi connectivity index (χ2v) is 13.5. The Morgan fingerprint density at radius 3 is 2.24 bits per heavy atom. The highest BCUT2D eigenvalue weighted by atomic mass is 16.6. The number of aliphatic hydroxyl groups excluding tert-OH is 1. The van der Waals surface area contributed by atoms with Crippen LogP contribution in [-0.2, 0) is 28.6 Å². The van der Waals surface area contributed by atoms with E-state index in [0.29, 0.717) is 0 Å². The summed E-state index contributed by atoms with van der Waals surface area (Å²) in [4.78, 5) is 39.9. The molecule has 0 spiro atoms. The Balaban J connectivity index is 1.93. The zero-order valence-electron chi connectivity index (χ0n) is 24.6. The molecule has 1 aliphatic heterocycles. The van der Waals surface area contributed by atoms with Gasteiger partial charge in [-0.15, -0.1) is 0 Å². The Labute approximate surface area is 226 Å². The second kappa shape index (κ2) is 9.13. The summed E-state index contributed by atoms with van der Waals surface area (Å²) in [5.74, 6) is -3.22. The molecule has 0 aromatic heterocycles. The van der Waals surface area contributed by atoms with Gasteiger partial charge in [-0.25, -0.2) is 0 Å². The minimum absolute atomic E-state index is 0.0899. The number of rotatable bonds is 4. The molecule has 3 fully saturated rings. The van der Waals surface area contributed by atoms with Crippen molar-refractivity contribution in [3.05, 3.63) is 11.1 Å². The first-order valence-corrected chi connectivity index (χ1v) is 14.0. The Morgan fingerprint density at radius 2 is 1.74 bits per heavy atom. The summed E-state index contributed by atoms with van der Waals surface area (Å²) in [6.45, 7) is 18.4. The lowest BCUT2D eigenvalue weighted by Crippen LogP contribution is -2.79. The molecule has 0 aromatic rings. The van der Waals surface area contributed by atoms with Crippen molar-refractivity contribution >= 4 is 17.7 Å². The minimum Gasteiger partial charge on any atom is -0.458 e. The lowest BCUT2D eigenvalue weighted by Gasteiger charge is -2.68. The molecule has 9 unspecified atom stereocenters. The Kier molecular flexibility index (Phi) is 7.02. The number of hydrogen-bond donors (Lipinski definition) is 2. The fraction of sp³-hybridized carbons (Fsp3) is 0.833. The summed E-state index contributed by atoms with van der Waals surface area (Å²) >= 11 is 0. The van der Waals surface area contributed by atoms with Crippen LogP contribution in [0, 0.1) is 40.4 Å². The average Bonchev–Trinajstić information content (AvgIpc) is 2.81.